The second-order valence-corrected chi connectivity index (χ2v) is 5.79. The minimum absolute atomic E-state index is 0.183. The van der Waals surface area contributed by atoms with Crippen molar-refractivity contribution in [3.63, 3.8) is 0 Å². The van der Waals surface area contributed by atoms with Gasteiger partial charge >= 0.3 is 5.97 Å². The average Bonchev–Trinajstić information content (AvgIpc) is 2.89. The van der Waals surface area contributed by atoms with Gasteiger partial charge in [0.2, 0.25) is 0 Å². The lowest BCUT2D eigenvalue weighted by Gasteiger charge is -2.16. The van der Waals surface area contributed by atoms with Crippen LogP contribution in [0, 0.1) is 18.8 Å². The summed E-state index contributed by atoms with van der Waals surface area (Å²) in [4.78, 5) is 11.2. The highest BCUT2D eigenvalue weighted by molar-refractivity contribution is 9.10. The Hall–Kier alpha value is -0.840. The van der Waals surface area contributed by atoms with Crippen molar-refractivity contribution in [1.82, 2.24) is 9.78 Å². The number of hydrogen-bond donors (Lipinski definition) is 1. The van der Waals surface area contributed by atoms with Gasteiger partial charge in [-0.05, 0) is 55.0 Å². The smallest absolute Gasteiger partial charge is 0.306 e. The molecule has 1 saturated carbocycles. The van der Waals surface area contributed by atoms with Crippen molar-refractivity contribution in [3.05, 3.63) is 15.9 Å². The number of carboxylic acids is 1. The molecule has 1 N–H and O–H groups in total. The molecule has 1 fully saturated rings. The van der Waals surface area contributed by atoms with Crippen LogP contribution in [-0.4, -0.2) is 20.9 Å². The van der Waals surface area contributed by atoms with Crippen molar-refractivity contribution in [2.45, 2.75) is 46.1 Å². The number of nitrogens with zero attached hydrogens (tertiary/aromatic N) is 2. The Morgan fingerprint density at radius 1 is 1.56 bits per heavy atom. The molecule has 0 saturated heterocycles. The van der Waals surface area contributed by atoms with Gasteiger partial charge in [-0.1, -0.05) is 6.42 Å². The molecule has 2 atom stereocenters. The lowest BCUT2D eigenvalue weighted by atomic mass is 9.91. The zero-order chi connectivity index (χ0) is 13.3. The molecule has 0 aromatic carbocycles. The van der Waals surface area contributed by atoms with Gasteiger partial charge in [0.15, 0.2) is 0 Å². The number of aryl methyl sites for hydroxylation is 2. The highest BCUT2D eigenvalue weighted by atomic mass is 79.9. The maximum Gasteiger partial charge on any atom is 0.306 e. The normalized spacial score (nSPS) is 23.5. The van der Waals surface area contributed by atoms with Crippen LogP contribution in [0.2, 0.25) is 0 Å². The molecule has 1 aliphatic rings. The summed E-state index contributed by atoms with van der Waals surface area (Å²) in [6.07, 6.45) is 3.67. The van der Waals surface area contributed by atoms with E-state index in [1.165, 1.54) is 0 Å². The standard InChI is InChI=1S/C13H19BrN2O2/c1-3-16-11(12(14)8(2)15-16)7-9-5-4-6-10(9)13(17)18/h9-10H,3-7H2,1-2H3,(H,17,18). The summed E-state index contributed by atoms with van der Waals surface area (Å²) in [5, 5.41) is 13.7. The summed E-state index contributed by atoms with van der Waals surface area (Å²) in [7, 11) is 0. The van der Waals surface area contributed by atoms with Crippen molar-refractivity contribution in [3.8, 4) is 0 Å². The fourth-order valence-electron chi connectivity index (χ4n) is 2.92. The van der Waals surface area contributed by atoms with Crippen molar-refractivity contribution < 1.29 is 9.90 Å². The van der Waals surface area contributed by atoms with Gasteiger partial charge in [-0.2, -0.15) is 5.10 Å². The number of aliphatic carboxylic acids is 1. The maximum atomic E-state index is 11.2. The third-order valence-corrected chi connectivity index (χ3v) is 4.92. The van der Waals surface area contributed by atoms with Crippen molar-refractivity contribution in [2.75, 3.05) is 0 Å². The van der Waals surface area contributed by atoms with E-state index >= 15 is 0 Å². The molecule has 0 spiro atoms. The Bertz CT molecular complexity index is 456. The summed E-state index contributed by atoms with van der Waals surface area (Å²) >= 11 is 3.58. The third kappa shape index (κ3) is 2.46. The Balaban J connectivity index is 2.21. The minimum atomic E-state index is -0.645. The molecule has 1 aromatic heterocycles. The van der Waals surface area contributed by atoms with Gasteiger partial charge in [0.1, 0.15) is 0 Å². The Kier molecular flexibility index (Phi) is 4.10. The largest absolute Gasteiger partial charge is 0.481 e. The van der Waals surface area contributed by atoms with Gasteiger partial charge in [-0.15, -0.1) is 0 Å². The first-order valence-corrected chi connectivity index (χ1v) is 7.28. The van der Waals surface area contributed by atoms with Crippen molar-refractivity contribution in [2.24, 2.45) is 11.8 Å². The first-order valence-electron chi connectivity index (χ1n) is 6.49. The maximum absolute atomic E-state index is 11.2. The Labute approximate surface area is 116 Å². The van der Waals surface area contributed by atoms with E-state index in [0.29, 0.717) is 0 Å². The van der Waals surface area contributed by atoms with E-state index in [1.807, 2.05) is 11.6 Å². The van der Waals surface area contributed by atoms with E-state index in [0.717, 1.165) is 48.1 Å². The van der Waals surface area contributed by atoms with E-state index in [9.17, 15) is 9.90 Å². The van der Waals surface area contributed by atoms with Gasteiger partial charge in [0, 0.05) is 6.54 Å². The molecule has 100 valence electrons. The van der Waals surface area contributed by atoms with Crippen LogP contribution in [0.1, 0.15) is 37.6 Å². The number of carbonyl (C=O) groups is 1. The number of aromatic nitrogens is 2. The summed E-state index contributed by atoms with van der Waals surface area (Å²) in [6, 6.07) is 0. The van der Waals surface area contributed by atoms with Crippen LogP contribution >= 0.6 is 15.9 Å². The second kappa shape index (κ2) is 5.43. The molecule has 0 aliphatic heterocycles. The van der Waals surface area contributed by atoms with Crippen LogP contribution < -0.4 is 0 Å². The highest BCUT2D eigenvalue weighted by Gasteiger charge is 2.34. The molecule has 1 aliphatic carbocycles. The monoisotopic (exact) mass is 314 g/mol. The Morgan fingerprint density at radius 2 is 2.28 bits per heavy atom. The molecular weight excluding hydrogens is 296 g/mol. The van der Waals surface area contributed by atoms with Crippen LogP contribution in [0.4, 0.5) is 0 Å². The number of halogens is 1. The van der Waals surface area contributed by atoms with Crippen LogP contribution in [0.5, 0.6) is 0 Å². The number of rotatable bonds is 4. The quantitative estimate of drug-likeness (QED) is 0.929. The first kappa shape index (κ1) is 13.6. The fourth-order valence-corrected chi connectivity index (χ4v) is 3.36. The van der Waals surface area contributed by atoms with E-state index in [1.54, 1.807) is 0 Å². The predicted octanol–water partition coefficient (Wildman–Crippen LogP) is 3.02. The SMILES string of the molecule is CCn1nc(C)c(Br)c1CC1CCCC1C(=O)O. The van der Waals surface area contributed by atoms with E-state index < -0.39 is 5.97 Å². The van der Waals surface area contributed by atoms with Gasteiger partial charge in [-0.25, -0.2) is 0 Å². The summed E-state index contributed by atoms with van der Waals surface area (Å²) < 4.78 is 3.02. The molecule has 18 heavy (non-hydrogen) atoms. The fraction of sp³-hybridized carbons (Fsp3) is 0.692. The van der Waals surface area contributed by atoms with E-state index in [4.69, 9.17) is 0 Å². The molecule has 2 unspecified atom stereocenters. The number of carboxylic acid groups (broad SMARTS) is 1. The van der Waals surface area contributed by atoms with Gasteiger partial charge < -0.3 is 5.11 Å². The molecule has 1 aromatic rings. The zero-order valence-electron chi connectivity index (χ0n) is 10.8. The second-order valence-electron chi connectivity index (χ2n) is 5.00. The lowest BCUT2D eigenvalue weighted by Crippen LogP contribution is -2.21. The molecule has 4 nitrogen and oxygen atoms in total. The van der Waals surface area contributed by atoms with E-state index in [2.05, 4.69) is 28.0 Å². The summed E-state index contributed by atoms with van der Waals surface area (Å²) in [5.41, 5.74) is 2.13. The topological polar surface area (TPSA) is 55.1 Å². The van der Waals surface area contributed by atoms with E-state index in [-0.39, 0.29) is 11.8 Å². The molecule has 2 rings (SSSR count). The molecule has 0 radical (unpaired) electrons. The van der Waals surface area contributed by atoms with Crippen LogP contribution in [0.3, 0.4) is 0 Å². The third-order valence-electron chi connectivity index (χ3n) is 3.88. The van der Waals surface area contributed by atoms with Crippen molar-refractivity contribution in [1.29, 1.82) is 0 Å². The van der Waals surface area contributed by atoms with Crippen LogP contribution in [0.15, 0.2) is 4.47 Å². The zero-order valence-corrected chi connectivity index (χ0v) is 12.4. The Morgan fingerprint density at radius 3 is 2.89 bits per heavy atom. The summed E-state index contributed by atoms with van der Waals surface area (Å²) in [6.45, 7) is 4.86. The predicted molar refractivity (Wildman–Crippen MR) is 72.5 cm³/mol. The molecular formula is C13H19BrN2O2. The molecule has 0 amide bonds. The van der Waals surface area contributed by atoms with Gasteiger partial charge in [-0.3, -0.25) is 9.48 Å². The molecule has 5 heteroatoms. The van der Waals surface area contributed by atoms with Gasteiger partial charge in [0.05, 0.1) is 21.8 Å². The van der Waals surface area contributed by atoms with Crippen molar-refractivity contribution >= 4 is 21.9 Å². The summed E-state index contributed by atoms with van der Waals surface area (Å²) in [5.74, 6) is -0.578. The van der Waals surface area contributed by atoms with Crippen LogP contribution in [-0.2, 0) is 17.8 Å². The lowest BCUT2D eigenvalue weighted by molar-refractivity contribution is -0.142. The molecule has 0 bridgehead atoms. The first-order chi connectivity index (χ1) is 8.54. The average molecular weight is 315 g/mol. The van der Waals surface area contributed by atoms with Gasteiger partial charge in [0.25, 0.3) is 0 Å². The van der Waals surface area contributed by atoms with Crippen LogP contribution in [0.25, 0.3) is 0 Å². The minimum Gasteiger partial charge on any atom is -0.481 e. The highest BCUT2D eigenvalue weighted by Crippen LogP contribution is 2.36. The molecule has 1 heterocycles. The number of hydrogen-bond acceptors (Lipinski definition) is 2.